The molecule has 14 aliphatic heterocycles. The van der Waals surface area contributed by atoms with Crippen molar-refractivity contribution in [3.63, 3.8) is 0 Å². The molecule has 0 aromatic heterocycles. The number of nitrogens with one attached hydrogen (secondary N) is 14. The molecule has 0 aromatic rings. The van der Waals surface area contributed by atoms with Crippen molar-refractivity contribution in [2.24, 2.45) is 20.4 Å². The third-order valence-corrected chi connectivity index (χ3v) is 30.8. The van der Waals surface area contributed by atoms with Gasteiger partial charge in [-0.3, -0.25) is 0 Å². The van der Waals surface area contributed by atoms with Gasteiger partial charge in [-0.15, -0.1) is 0 Å². The van der Waals surface area contributed by atoms with Crippen molar-refractivity contribution < 1.29 is 38.3 Å². The summed E-state index contributed by atoms with van der Waals surface area (Å²) in [5.41, 5.74) is 11.2. The van der Waals surface area contributed by atoms with Crippen LogP contribution in [-0.4, -0.2) is 275 Å². The highest BCUT2D eigenvalue weighted by Gasteiger charge is 2.52. The molecule has 14 rings (SSSR count). The van der Waals surface area contributed by atoms with Crippen molar-refractivity contribution in [2.75, 3.05) is 39.3 Å². The molecule has 34 heteroatoms. The lowest BCUT2D eigenvalue weighted by Gasteiger charge is -2.51. The highest BCUT2D eigenvalue weighted by Crippen LogP contribution is 2.44. The van der Waals surface area contributed by atoms with Crippen LogP contribution >= 0.6 is 0 Å². The summed E-state index contributed by atoms with van der Waals surface area (Å²) in [6.45, 7) is 95.1. The Morgan fingerprint density at radius 2 is 0.361 bits per heavy atom. The van der Waals surface area contributed by atoms with Crippen LogP contribution < -0.4 is 74.9 Å². The number of nitrogens with zero attached hydrogens (tertiary/aromatic N) is 12. The summed E-state index contributed by atoms with van der Waals surface area (Å²) in [5.74, 6) is 5.30. The van der Waals surface area contributed by atoms with Crippen LogP contribution in [0, 0.1) is 0 Å². The van der Waals surface area contributed by atoms with Gasteiger partial charge in [-0.25, -0.2) is 41.1 Å². The van der Waals surface area contributed by atoms with Gasteiger partial charge in [0, 0.05) is 238 Å². The predicted octanol–water partition coefficient (Wildman–Crippen LogP) is 15.8. The maximum Gasteiger partial charge on any atom is 0.239 e. The molecule has 0 bridgehead atoms. The van der Waals surface area contributed by atoms with Gasteiger partial charge in [0.1, 0.15) is 47.7 Å². The van der Waals surface area contributed by atoms with Gasteiger partial charge in [-0.2, -0.15) is 0 Å². The summed E-state index contributed by atoms with van der Waals surface area (Å²) in [7, 11) is 0. The van der Waals surface area contributed by atoms with Crippen molar-refractivity contribution in [3.8, 4) is 0 Å². The summed E-state index contributed by atoms with van der Waals surface area (Å²) < 4.78 is 29.6. The van der Waals surface area contributed by atoms with E-state index in [4.69, 9.17) is 58.7 Å². The van der Waals surface area contributed by atoms with E-state index < -0.39 is 0 Å². The Balaban J connectivity index is 0.898. The Kier molecular flexibility index (Phi) is 31.9. The van der Waals surface area contributed by atoms with Crippen LogP contribution in [0.4, 0.5) is 0 Å². The van der Waals surface area contributed by atoms with Crippen LogP contribution in [-0.2, 0) is 38.3 Å². The largest absolute Gasteiger partial charge is 0.473 e. The minimum Gasteiger partial charge on any atom is -0.473 e. The topological polar surface area (TPSA) is 318 Å². The van der Waals surface area contributed by atoms with Gasteiger partial charge in [-0.1, -0.05) is 41.5 Å². The zero-order valence-corrected chi connectivity index (χ0v) is 97.5. The predicted molar refractivity (Wildman–Crippen MR) is 580 cm³/mol. The Labute approximate surface area is 870 Å². The number of hydrogen-bond acceptors (Lipinski definition) is 34. The average Bonchev–Trinajstić information content (AvgIpc) is 0.770. The maximum atomic E-state index is 7.47. The van der Waals surface area contributed by atoms with Crippen molar-refractivity contribution in [2.45, 2.75) is 590 Å². The fourth-order valence-corrected chi connectivity index (χ4v) is 30.1. The highest BCUT2D eigenvalue weighted by atomic mass is 16.8. The van der Waals surface area contributed by atoms with Gasteiger partial charge in [0.25, 0.3) is 0 Å². The summed E-state index contributed by atoms with van der Waals surface area (Å²) in [6, 6.07) is 0.0776. The monoisotopic (exact) mass is 2020 g/mol. The summed E-state index contributed by atoms with van der Waals surface area (Å²) in [4.78, 5) is 39.5. The average molecular weight is 2020 g/mol. The number of hydrazine groups is 4. The quantitative estimate of drug-likeness (QED) is 0.0331. The highest BCUT2D eigenvalue weighted by molar-refractivity contribution is 5.90. The molecule has 0 spiro atoms. The smallest absolute Gasteiger partial charge is 0.239 e. The zero-order valence-electron chi connectivity index (χ0n) is 97.5. The van der Waals surface area contributed by atoms with Crippen molar-refractivity contribution in [3.05, 3.63) is 47.6 Å². The molecular weight excluding hydrogens is 1810 g/mol. The molecule has 0 aliphatic carbocycles. The third-order valence-electron chi connectivity index (χ3n) is 30.8. The van der Waals surface area contributed by atoms with E-state index in [0.717, 1.165) is 152 Å². The van der Waals surface area contributed by atoms with E-state index >= 15 is 0 Å². The van der Waals surface area contributed by atoms with Crippen molar-refractivity contribution in [1.82, 2.24) is 116 Å². The molecule has 0 unspecified atom stereocenters. The second-order valence-corrected chi connectivity index (χ2v) is 59.7. The van der Waals surface area contributed by atoms with Crippen LogP contribution in [0.1, 0.15) is 418 Å². The van der Waals surface area contributed by atoms with E-state index in [-0.39, 0.29) is 172 Å². The molecule has 0 saturated carbocycles. The van der Waals surface area contributed by atoms with E-state index in [2.05, 4.69) is 396 Å². The standard InChI is InChI=1S/C110H204N26O8/c1-91(2)53-73(54-92(3,4)119-91)131(85-51-89(139-77-61-99(17,18)123-100(19,20)62-77)117-135(113-85)143-81-69-107(33,34)127-108(35,36)70-81)45-41-43-129(83-49-87(137-75-57-95(9,10)121-96(11,12)58-75)115-133(111-83)141-79-65-103(25,26)125-104(27,28)66-79)47-48-130(84-50-88(138-76-59-97(13,14)122-98(15,16)60-76)116-134(112-84)142-80-67-105(29,30)126-106(31,32)68-80)44-42-46-132(74-55-93(5,6)120-94(7,8)56-74)86-52-90(140-78-63-101(21,22)124-102(23,24)64-78)118-136(114-86)144-82-71-109(37,38)128-110(39,40)72-82/h49-52,73-82,111-114,119-128H,41-48,53-72H2,1-40H3. The van der Waals surface area contributed by atoms with E-state index in [9.17, 15) is 0 Å². The van der Waals surface area contributed by atoms with Gasteiger partial charge in [0.2, 0.25) is 23.6 Å². The van der Waals surface area contributed by atoms with Gasteiger partial charge >= 0.3 is 0 Å². The van der Waals surface area contributed by atoms with Crippen LogP contribution in [0.25, 0.3) is 0 Å². The number of hydrazone groups is 4. The van der Waals surface area contributed by atoms with Gasteiger partial charge in [0.15, 0.2) is 0 Å². The van der Waals surface area contributed by atoms with Crippen molar-refractivity contribution in [1.29, 1.82) is 0 Å². The lowest BCUT2D eigenvalue weighted by atomic mass is 9.79. The molecule has 14 heterocycles. The fourth-order valence-electron chi connectivity index (χ4n) is 30.1. The molecule has 0 amide bonds. The number of piperidine rings is 10. The van der Waals surface area contributed by atoms with Crippen LogP contribution in [0.2, 0.25) is 0 Å². The lowest BCUT2D eigenvalue weighted by Crippen LogP contribution is -2.63. The number of rotatable bonds is 29. The minimum atomic E-state index is -0.241. The van der Waals surface area contributed by atoms with Crippen LogP contribution in [0.15, 0.2) is 68.0 Å². The van der Waals surface area contributed by atoms with Gasteiger partial charge < -0.3 is 91.7 Å². The van der Waals surface area contributed by atoms with Crippen LogP contribution in [0.3, 0.4) is 0 Å². The number of ether oxygens (including phenoxy) is 4. The molecule has 822 valence electrons. The molecule has 10 saturated heterocycles. The summed E-state index contributed by atoms with van der Waals surface area (Å²) in [6.07, 6.45) is 24.3. The first-order valence-electron chi connectivity index (χ1n) is 55.4. The van der Waals surface area contributed by atoms with E-state index in [1.165, 1.54) is 0 Å². The molecule has 34 nitrogen and oxygen atoms in total. The first kappa shape index (κ1) is 113. The summed E-state index contributed by atoms with van der Waals surface area (Å²) in [5, 5.41) is 67.5. The third kappa shape index (κ3) is 32.7. The van der Waals surface area contributed by atoms with Crippen molar-refractivity contribution >= 4 is 23.6 Å². The Morgan fingerprint density at radius 3 is 0.542 bits per heavy atom. The summed E-state index contributed by atoms with van der Waals surface area (Å²) >= 11 is 0. The number of hydrogen-bond donors (Lipinski definition) is 14. The lowest BCUT2D eigenvalue weighted by molar-refractivity contribution is -0.246. The van der Waals surface area contributed by atoms with Gasteiger partial charge in [-0.05, 0) is 367 Å². The van der Waals surface area contributed by atoms with E-state index in [1.54, 1.807) is 21.1 Å². The van der Waals surface area contributed by atoms with E-state index in [0.29, 0.717) is 75.7 Å². The molecular formula is C110H204N26O8. The zero-order chi connectivity index (χ0) is 106. The second kappa shape index (κ2) is 40.5. The minimum absolute atomic E-state index is 0.0388. The second-order valence-electron chi connectivity index (χ2n) is 59.7. The Morgan fingerprint density at radius 1 is 0.208 bits per heavy atom. The Hall–Kier alpha value is -6.12. The van der Waals surface area contributed by atoms with Gasteiger partial charge in [0.05, 0.1) is 24.4 Å². The molecule has 0 atom stereocenters. The van der Waals surface area contributed by atoms with E-state index in [1.807, 2.05) is 0 Å². The normalized spacial score (nSPS) is 29.0. The molecule has 14 N–H and O–H groups in total. The first-order chi connectivity index (χ1) is 65.6. The Bertz CT molecular complexity index is 4270. The molecule has 144 heavy (non-hydrogen) atoms. The molecule has 0 radical (unpaired) electrons. The maximum absolute atomic E-state index is 7.47. The molecule has 14 aliphatic rings. The first-order valence-corrected chi connectivity index (χ1v) is 55.4. The SMILES string of the molecule is CC1(C)CC(OC2=NN(OC3CC(C)(C)NC(C)(C)C3)NC(N(CCCN(C3=CC(OC4CC(C)(C)NC(C)(C)C4)=NN(OC4CC(C)(C)NC(C)(C)C4)N3)C3CC(C)(C)NC(C)(C)C3)CCN(CCCN(C3=CC(OC4CC(C)(C)NC(C)(C)C4)=NN(OC4CC(C)(C)NC(C)(C)C4)N3)C3CC(C)(C)NC(C)(C)C3)C3=CC(OC4CC(C)(C)NC(C)(C)C4)=NN(OC4CC(C)(C)NC(C)(C)C4)N3)=C2)CC(C)(C)N1. The fraction of sp³-hybridized carbons (Fsp3) is 0.891. The van der Waals surface area contributed by atoms with Crippen LogP contribution in [0.5, 0.6) is 0 Å². The molecule has 0 aromatic carbocycles. The molecule has 10 fully saturated rings.